The normalized spacial score (nSPS) is 18.7. The van der Waals surface area contributed by atoms with Gasteiger partial charge in [-0.15, -0.1) is 0 Å². The Morgan fingerprint density at radius 3 is 2.83 bits per heavy atom. The SMILES string of the molecule is N#Cc1ccc([C@H](N)C2CC2)[nH]1. The number of nitrogens with one attached hydrogen (secondary N) is 1. The molecule has 0 radical (unpaired) electrons. The standard InChI is InChI=1S/C9H11N3/c10-5-7-3-4-8(12-7)9(11)6-1-2-6/h3-4,6,9,12H,1-2,11H2/t9-/m1/s1. The summed E-state index contributed by atoms with van der Waals surface area (Å²) in [5, 5.41) is 8.56. The van der Waals surface area contributed by atoms with Crippen LogP contribution in [0.15, 0.2) is 12.1 Å². The van der Waals surface area contributed by atoms with Crippen LogP contribution in [-0.2, 0) is 0 Å². The maximum atomic E-state index is 8.56. The number of nitriles is 1. The lowest BCUT2D eigenvalue weighted by Gasteiger charge is -2.06. The third kappa shape index (κ3) is 1.21. The lowest BCUT2D eigenvalue weighted by molar-refractivity contribution is 0.618. The van der Waals surface area contributed by atoms with Crippen molar-refractivity contribution in [2.24, 2.45) is 11.7 Å². The van der Waals surface area contributed by atoms with Gasteiger partial charge in [0.1, 0.15) is 11.8 Å². The Labute approximate surface area is 71.2 Å². The Bertz CT molecular complexity index is 317. The second-order valence-corrected chi connectivity index (χ2v) is 3.30. The summed E-state index contributed by atoms with van der Waals surface area (Å²) in [6.07, 6.45) is 2.45. The zero-order valence-corrected chi connectivity index (χ0v) is 6.75. The summed E-state index contributed by atoms with van der Waals surface area (Å²) in [6, 6.07) is 5.83. The van der Waals surface area contributed by atoms with Crippen LogP contribution in [0.1, 0.15) is 30.3 Å². The first-order chi connectivity index (χ1) is 5.81. The van der Waals surface area contributed by atoms with E-state index < -0.39 is 0 Å². The van der Waals surface area contributed by atoms with Crippen LogP contribution in [0.3, 0.4) is 0 Å². The summed E-state index contributed by atoms with van der Waals surface area (Å²) >= 11 is 0. The molecule has 1 aliphatic rings. The molecule has 0 spiro atoms. The highest BCUT2D eigenvalue weighted by molar-refractivity contribution is 5.26. The Morgan fingerprint density at radius 1 is 1.58 bits per heavy atom. The molecule has 1 saturated carbocycles. The minimum atomic E-state index is 0.104. The number of aromatic nitrogens is 1. The second kappa shape index (κ2) is 2.65. The highest BCUT2D eigenvalue weighted by Gasteiger charge is 2.30. The maximum absolute atomic E-state index is 8.56. The first-order valence-electron chi connectivity index (χ1n) is 4.16. The zero-order valence-electron chi connectivity index (χ0n) is 6.75. The summed E-state index contributed by atoms with van der Waals surface area (Å²) in [6.45, 7) is 0. The minimum Gasteiger partial charge on any atom is -0.349 e. The Morgan fingerprint density at radius 2 is 2.33 bits per heavy atom. The van der Waals surface area contributed by atoms with Gasteiger partial charge in [0.25, 0.3) is 0 Å². The van der Waals surface area contributed by atoms with Gasteiger partial charge in [0.2, 0.25) is 0 Å². The van der Waals surface area contributed by atoms with Crippen molar-refractivity contribution < 1.29 is 0 Å². The molecule has 1 atom stereocenters. The molecule has 0 bridgehead atoms. The van der Waals surface area contributed by atoms with E-state index >= 15 is 0 Å². The summed E-state index contributed by atoms with van der Waals surface area (Å²) in [5.41, 5.74) is 7.52. The molecule has 1 fully saturated rings. The van der Waals surface area contributed by atoms with Crippen LogP contribution in [0.25, 0.3) is 0 Å². The van der Waals surface area contributed by atoms with Gasteiger partial charge in [-0.1, -0.05) is 0 Å². The van der Waals surface area contributed by atoms with Gasteiger partial charge in [-0.05, 0) is 30.9 Å². The van der Waals surface area contributed by atoms with Crippen LogP contribution >= 0.6 is 0 Å². The van der Waals surface area contributed by atoms with Crippen molar-refractivity contribution in [2.75, 3.05) is 0 Å². The van der Waals surface area contributed by atoms with Gasteiger partial charge in [0.05, 0.1) is 0 Å². The van der Waals surface area contributed by atoms with Gasteiger partial charge >= 0.3 is 0 Å². The van der Waals surface area contributed by atoms with Crippen molar-refractivity contribution in [3.63, 3.8) is 0 Å². The molecule has 3 nitrogen and oxygen atoms in total. The molecule has 0 amide bonds. The molecule has 0 unspecified atom stereocenters. The maximum Gasteiger partial charge on any atom is 0.117 e. The molecule has 3 N–H and O–H groups in total. The third-order valence-electron chi connectivity index (χ3n) is 2.32. The minimum absolute atomic E-state index is 0.104. The molecule has 1 aromatic rings. The van der Waals surface area contributed by atoms with Gasteiger partial charge in [-0.3, -0.25) is 0 Å². The van der Waals surface area contributed by atoms with E-state index in [-0.39, 0.29) is 6.04 Å². The molecule has 1 aliphatic carbocycles. The first-order valence-corrected chi connectivity index (χ1v) is 4.16. The first kappa shape index (κ1) is 7.38. The number of aromatic amines is 1. The molecule has 1 aromatic heterocycles. The van der Waals surface area contributed by atoms with E-state index in [0.29, 0.717) is 11.6 Å². The lowest BCUT2D eigenvalue weighted by Crippen LogP contribution is -2.12. The molecule has 2 rings (SSSR count). The number of rotatable bonds is 2. The Balaban J connectivity index is 2.17. The van der Waals surface area contributed by atoms with Crippen LogP contribution in [0.5, 0.6) is 0 Å². The molecule has 0 aromatic carbocycles. The van der Waals surface area contributed by atoms with E-state index in [4.69, 9.17) is 11.0 Å². The van der Waals surface area contributed by atoms with Crippen LogP contribution in [-0.4, -0.2) is 4.98 Å². The number of H-pyrrole nitrogens is 1. The molecule has 3 heteroatoms. The Kier molecular flexibility index (Phi) is 1.63. The average molecular weight is 161 g/mol. The molecule has 62 valence electrons. The predicted octanol–water partition coefficient (Wildman–Crippen LogP) is 1.30. The fourth-order valence-electron chi connectivity index (χ4n) is 1.38. The largest absolute Gasteiger partial charge is 0.349 e. The quantitative estimate of drug-likeness (QED) is 0.686. The third-order valence-corrected chi connectivity index (χ3v) is 2.32. The summed E-state index contributed by atoms with van der Waals surface area (Å²) in [5.74, 6) is 0.634. The van der Waals surface area contributed by atoms with E-state index in [0.717, 1.165) is 5.69 Å². The number of hydrogen-bond acceptors (Lipinski definition) is 2. The van der Waals surface area contributed by atoms with E-state index in [1.807, 2.05) is 6.07 Å². The van der Waals surface area contributed by atoms with Crippen LogP contribution in [0.4, 0.5) is 0 Å². The number of hydrogen-bond donors (Lipinski definition) is 2. The fourth-order valence-corrected chi connectivity index (χ4v) is 1.38. The highest BCUT2D eigenvalue weighted by atomic mass is 14.8. The van der Waals surface area contributed by atoms with Gasteiger partial charge in [0, 0.05) is 11.7 Å². The second-order valence-electron chi connectivity index (χ2n) is 3.30. The molecule has 12 heavy (non-hydrogen) atoms. The van der Waals surface area contributed by atoms with Crippen LogP contribution < -0.4 is 5.73 Å². The number of nitrogens with two attached hydrogens (primary N) is 1. The molecule has 0 aliphatic heterocycles. The van der Waals surface area contributed by atoms with E-state index in [2.05, 4.69) is 11.1 Å². The molecular formula is C9H11N3. The lowest BCUT2D eigenvalue weighted by atomic mass is 10.1. The van der Waals surface area contributed by atoms with E-state index in [9.17, 15) is 0 Å². The van der Waals surface area contributed by atoms with E-state index in [1.165, 1.54) is 12.8 Å². The smallest absolute Gasteiger partial charge is 0.117 e. The topological polar surface area (TPSA) is 65.6 Å². The summed E-state index contributed by atoms with van der Waals surface area (Å²) < 4.78 is 0. The molecule has 0 saturated heterocycles. The zero-order chi connectivity index (χ0) is 8.55. The van der Waals surface area contributed by atoms with Crippen molar-refractivity contribution in [1.82, 2.24) is 4.98 Å². The summed E-state index contributed by atoms with van der Waals surface area (Å²) in [7, 11) is 0. The van der Waals surface area contributed by atoms with Gasteiger partial charge < -0.3 is 10.7 Å². The fraction of sp³-hybridized carbons (Fsp3) is 0.444. The molecule has 1 heterocycles. The van der Waals surface area contributed by atoms with Crippen molar-refractivity contribution >= 4 is 0 Å². The van der Waals surface area contributed by atoms with Gasteiger partial charge in [0.15, 0.2) is 0 Å². The van der Waals surface area contributed by atoms with Crippen molar-refractivity contribution in [2.45, 2.75) is 18.9 Å². The predicted molar refractivity (Wildman–Crippen MR) is 45.2 cm³/mol. The Hall–Kier alpha value is -1.27. The van der Waals surface area contributed by atoms with Crippen LogP contribution in [0, 0.1) is 17.2 Å². The van der Waals surface area contributed by atoms with Crippen molar-refractivity contribution in [3.8, 4) is 6.07 Å². The number of nitrogens with zero attached hydrogens (tertiary/aromatic N) is 1. The monoisotopic (exact) mass is 161 g/mol. The summed E-state index contributed by atoms with van der Waals surface area (Å²) in [4.78, 5) is 3.00. The van der Waals surface area contributed by atoms with Crippen molar-refractivity contribution in [1.29, 1.82) is 5.26 Å². The van der Waals surface area contributed by atoms with Crippen LogP contribution in [0.2, 0.25) is 0 Å². The van der Waals surface area contributed by atoms with Gasteiger partial charge in [-0.2, -0.15) is 5.26 Å². The average Bonchev–Trinajstić information content (AvgIpc) is 2.82. The molecular weight excluding hydrogens is 150 g/mol. The highest BCUT2D eigenvalue weighted by Crippen LogP contribution is 2.38. The van der Waals surface area contributed by atoms with Crippen molar-refractivity contribution in [3.05, 3.63) is 23.5 Å². The van der Waals surface area contributed by atoms with Gasteiger partial charge in [-0.25, -0.2) is 0 Å². The van der Waals surface area contributed by atoms with E-state index in [1.54, 1.807) is 6.07 Å².